The average molecular weight is 299 g/mol. The van der Waals surface area contributed by atoms with Gasteiger partial charge in [-0.3, -0.25) is 4.79 Å². The number of nitrogens with zero attached hydrogens (tertiary/aromatic N) is 1. The number of carboxylic acid groups (broad SMARTS) is 1. The van der Waals surface area contributed by atoms with Crippen molar-refractivity contribution in [2.45, 2.75) is 16.2 Å². The second-order valence-corrected chi connectivity index (χ2v) is 5.41. The lowest BCUT2D eigenvalue weighted by Crippen LogP contribution is -1.99. The number of benzene rings is 2. The zero-order valence-corrected chi connectivity index (χ0v) is 12.2. The highest BCUT2D eigenvalue weighted by molar-refractivity contribution is 7.99. The molecule has 0 aromatic heterocycles. The van der Waals surface area contributed by atoms with Gasteiger partial charge >= 0.3 is 5.97 Å². The fourth-order valence-electron chi connectivity index (χ4n) is 1.79. The van der Waals surface area contributed by atoms with Crippen LogP contribution in [0.25, 0.3) is 0 Å². The van der Waals surface area contributed by atoms with Gasteiger partial charge in [-0.05, 0) is 35.9 Å². The van der Waals surface area contributed by atoms with Crippen LogP contribution in [0.15, 0.2) is 52.3 Å². The molecule has 0 heterocycles. The molecule has 0 fully saturated rings. The molecule has 106 valence electrons. The first-order chi connectivity index (χ1) is 10.1. The summed E-state index contributed by atoms with van der Waals surface area (Å²) >= 11 is 1.46. The number of carboxylic acids is 1. The predicted octanol–water partition coefficient (Wildman–Crippen LogP) is 3.35. The molecule has 2 rings (SSSR count). The molecule has 0 aliphatic carbocycles. The normalized spacial score (nSPS) is 9.90. The molecule has 21 heavy (non-hydrogen) atoms. The first-order valence-corrected chi connectivity index (χ1v) is 7.00. The maximum Gasteiger partial charge on any atom is 0.307 e. The quantitative estimate of drug-likeness (QED) is 0.916. The Bertz CT molecular complexity index is 690. The van der Waals surface area contributed by atoms with Gasteiger partial charge < -0.3 is 9.84 Å². The van der Waals surface area contributed by atoms with E-state index in [1.54, 1.807) is 25.3 Å². The zero-order chi connectivity index (χ0) is 15.2. The molecular weight excluding hydrogens is 286 g/mol. The maximum absolute atomic E-state index is 10.6. The van der Waals surface area contributed by atoms with E-state index in [1.807, 2.05) is 24.3 Å². The lowest BCUT2D eigenvalue weighted by Gasteiger charge is -2.07. The van der Waals surface area contributed by atoms with Gasteiger partial charge in [-0.25, -0.2) is 0 Å². The van der Waals surface area contributed by atoms with Crippen LogP contribution in [0.2, 0.25) is 0 Å². The van der Waals surface area contributed by atoms with E-state index in [4.69, 9.17) is 9.84 Å². The fraction of sp³-hybridized carbons (Fsp3) is 0.125. The Kier molecular flexibility index (Phi) is 4.85. The summed E-state index contributed by atoms with van der Waals surface area (Å²) in [4.78, 5) is 12.4. The molecular formula is C16H13NO3S. The molecule has 0 unspecified atom stereocenters. The van der Waals surface area contributed by atoms with E-state index in [2.05, 4.69) is 6.07 Å². The van der Waals surface area contributed by atoms with Crippen molar-refractivity contribution < 1.29 is 14.6 Å². The van der Waals surface area contributed by atoms with Gasteiger partial charge in [-0.2, -0.15) is 5.26 Å². The number of rotatable bonds is 5. The summed E-state index contributed by atoms with van der Waals surface area (Å²) in [5, 5.41) is 17.9. The van der Waals surface area contributed by atoms with Crippen LogP contribution >= 0.6 is 11.8 Å². The lowest BCUT2D eigenvalue weighted by atomic mass is 10.2. The minimum Gasteiger partial charge on any atom is -0.497 e. The SMILES string of the molecule is COc1ccc(Sc2ccc(CC(=O)O)cc2)c(C#N)c1. The number of aliphatic carboxylic acids is 1. The average Bonchev–Trinajstić information content (AvgIpc) is 2.49. The van der Waals surface area contributed by atoms with E-state index in [0.29, 0.717) is 11.3 Å². The molecule has 0 saturated carbocycles. The van der Waals surface area contributed by atoms with Gasteiger partial charge in [-0.1, -0.05) is 23.9 Å². The molecule has 0 aliphatic heterocycles. The number of hydrogen-bond donors (Lipinski definition) is 1. The van der Waals surface area contributed by atoms with Crippen LogP contribution in [0.1, 0.15) is 11.1 Å². The molecule has 2 aromatic rings. The molecule has 0 saturated heterocycles. The predicted molar refractivity (Wildman–Crippen MR) is 79.6 cm³/mol. The highest BCUT2D eigenvalue weighted by Gasteiger charge is 2.07. The van der Waals surface area contributed by atoms with E-state index in [-0.39, 0.29) is 6.42 Å². The smallest absolute Gasteiger partial charge is 0.307 e. The highest BCUT2D eigenvalue weighted by Crippen LogP contribution is 2.32. The second kappa shape index (κ2) is 6.82. The first-order valence-electron chi connectivity index (χ1n) is 6.19. The third-order valence-electron chi connectivity index (χ3n) is 2.81. The molecule has 4 nitrogen and oxygen atoms in total. The third-order valence-corrected chi connectivity index (χ3v) is 3.90. The van der Waals surface area contributed by atoms with Crippen molar-refractivity contribution in [3.63, 3.8) is 0 Å². The van der Waals surface area contributed by atoms with Crippen LogP contribution in [0.4, 0.5) is 0 Å². The van der Waals surface area contributed by atoms with E-state index < -0.39 is 5.97 Å². The Balaban J connectivity index is 2.18. The van der Waals surface area contributed by atoms with E-state index >= 15 is 0 Å². The summed E-state index contributed by atoms with van der Waals surface area (Å²) in [5.74, 6) is -0.204. The van der Waals surface area contributed by atoms with Crippen molar-refractivity contribution in [2.24, 2.45) is 0 Å². The molecule has 0 radical (unpaired) electrons. The van der Waals surface area contributed by atoms with Gasteiger partial charge in [0.25, 0.3) is 0 Å². The van der Waals surface area contributed by atoms with Gasteiger partial charge in [0.05, 0.1) is 19.1 Å². The monoisotopic (exact) mass is 299 g/mol. The maximum atomic E-state index is 10.6. The van der Waals surface area contributed by atoms with Crippen LogP contribution in [-0.2, 0) is 11.2 Å². The minimum absolute atomic E-state index is 0.0108. The summed E-state index contributed by atoms with van der Waals surface area (Å²) in [6.45, 7) is 0. The minimum atomic E-state index is -0.850. The van der Waals surface area contributed by atoms with Gasteiger partial charge in [-0.15, -0.1) is 0 Å². The number of carbonyl (C=O) groups is 1. The Hall–Kier alpha value is -2.45. The number of nitriles is 1. The van der Waals surface area contributed by atoms with Crippen molar-refractivity contribution in [3.8, 4) is 11.8 Å². The molecule has 0 atom stereocenters. The standard InChI is InChI=1S/C16H13NO3S/c1-20-13-4-7-15(12(9-13)10-17)21-14-5-2-11(3-6-14)8-16(18)19/h2-7,9H,8H2,1H3,(H,18,19). The van der Waals surface area contributed by atoms with Crippen LogP contribution in [0.5, 0.6) is 5.75 Å². The van der Waals surface area contributed by atoms with Crippen molar-refractivity contribution >= 4 is 17.7 Å². The summed E-state index contributed by atoms with van der Waals surface area (Å²) in [6, 6.07) is 14.8. The first kappa shape index (κ1) is 14.9. The van der Waals surface area contributed by atoms with Crippen LogP contribution in [0.3, 0.4) is 0 Å². The van der Waals surface area contributed by atoms with Crippen molar-refractivity contribution in [3.05, 3.63) is 53.6 Å². The van der Waals surface area contributed by atoms with Crippen LogP contribution in [-0.4, -0.2) is 18.2 Å². The number of ether oxygens (including phenoxy) is 1. The Morgan fingerprint density at radius 1 is 1.29 bits per heavy atom. The van der Waals surface area contributed by atoms with Crippen LogP contribution < -0.4 is 4.74 Å². The Labute approximate surface area is 127 Å². The van der Waals surface area contributed by atoms with Gasteiger partial charge in [0, 0.05) is 9.79 Å². The van der Waals surface area contributed by atoms with Gasteiger partial charge in [0.15, 0.2) is 0 Å². The summed E-state index contributed by atoms with van der Waals surface area (Å²) in [7, 11) is 1.56. The van der Waals surface area contributed by atoms with Crippen molar-refractivity contribution in [2.75, 3.05) is 7.11 Å². The topological polar surface area (TPSA) is 70.3 Å². The third kappa shape index (κ3) is 4.01. The molecule has 0 amide bonds. The molecule has 0 spiro atoms. The summed E-state index contributed by atoms with van der Waals surface area (Å²) in [5.41, 5.74) is 1.30. The Morgan fingerprint density at radius 2 is 2.00 bits per heavy atom. The second-order valence-electron chi connectivity index (χ2n) is 4.29. The zero-order valence-electron chi connectivity index (χ0n) is 11.4. The largest absolute Gasteiger partial charge is 0.497 e. The molecule has 5 heteroatoms. The number of methoxy groups -OCH3 is 1. The Morgan fingerprint density at radius 3 is 2.57 bits per heavy atom. The summed E-state index contributed by atoms with van der Waals surface area (Å²) < 4.78 is 5.10. The van der Waals surface area contributed by atoms with Crippen molar-refractivity contribution in [1.82, 2.24) is 0 Å². The molecule has 1 N–H and O–H groups in total. The van der Waals surface area contributed by atoms with E-state index in [1.165, 1.54) is 11.8 Å². The summed E-state index contributed by atoms with van der Waals surface area (Å²) in [6.07, 6.45) is 0.0108. The van der Waals surface area contributed by atoms with Crippen LogP contribution in [0, 0.1) is 11.3 Å². The molecule has 0 bridgehead atoms. The molecule has 2 aromatic carbocycles. The lowest BCUT2D eigenvalue weighted by molar-refractivity contribution is -0.136. The highest BCUT2D eigenvalue weighted by atomic mass is 32.2. The van der Waals surface area contributed by atoms with E-state index in [9.17, 15) is 10.1 Å². The molecule has 0 aliphatic rings. The van der Waals surface area contributed by atoms with Gasteiger partial charge in [0.1, 0.15) is 11.8 Å². The number of hydrogen-bond acceptors (Lipinski definition) is 4. The van der Waals surface area contributed by atoms with E-state index in [0.717, 1.165) is 15.4 Å². The fourth-order valence-corrected chi connectivity index (χ4v) is 2.67. The van der Waals surface area contributed by atoms with Crippen molar-refractivity contribution in [1.29, 1.82) is 5.26 Å². The van der Waals surface area contributed by atoms with Gasteiger partial charge in [0.2, 0.25) is 0 Å².